The van der Waals surface area contributed by atoms with Crippen LogP contribution in [-0.4, -0.2) is 49.6 Å². The van der Waals surface area contributed by atoms with E-state index in [-0.39, 0.29) is 11.9 Å². The SMILES string of the molecule is CC(C)CNC(=O)C(C)NCCCN(C)C1CCCCC1. The number of hydrogen-bond acceptors (Lipinski definition) is 3. The molecule has 1 atom stereocenters. The molecule has 124 valence electrons. The largest absolute Gasteiger partial charge is 0.354 e. The molecule has 0 heterocycles. The first-order valence-corrected chi connectivity index (χ1v) is 8.72. The van der Waals surface area contributed by atoms with Gasteiger partial charge in [0.05, 0.1) is 6.04 Å². The second kappa shape index (κ2) is 10.2. The van der Waals surface area contributed by atoms with Crippen LogP contribution in [0, 0.1) is 5.92 Å². The fourth-order valence-corrected chi connectivity index (χ4v) is 2.90. The van der Waals surface area contributed by atoms with Crippen molar-refractivity contribution in [3.8, 4) is 0 Å². The minimum Gasteiger partial charge on any atom is -0.354 e. The normalized spacial score (nSPS) is 18.2. The van der Waals surface area contributed by atoms with Gasteiger partial charge in [0.25, 0.3) is 0 Å². The molecule has 0 aromatic heterocycles. The second-order valence-corrected chi connectivity index (χ2v) is 6.94. The van der Waals surface area contributed by atoms with E-state index < -0.39 is 0 Å². The van der Waals surface area contributed by atoms with Crippen LogP contribution in [0.2, 0.25) is 0 Å². The maximum Gasteiger partial charge on any atom is 0.236 e. The zero-order valence-corrected chi connectivity index (χ0v) is 14.5. The summed E-state index contributed by atoms with van der Waals surface area (Å²) in [5.74, 6) is 0.620. The third-order valence-corrected chi connectivity index (χ3v) is 4.41. The summed E-state index contributed by atoms with van der Waals surface area (Å²) in [6, 6.07) is 0.689. The van der Waals surface area contributed by atoms with Gasteiger partial charge in [0.15, 0.2) is 0 Å². The van der Waals surface area contributed by atoms with Crippen molar-refractivity contribution in [1.82, 2.24) is 15.5 Å². The summed E-state index contributed by atoms with van der Waals surface area (Å²) in [5.41, 5.74) is 0. The highest BCUT2D eigenvalue weighted by Gasteiger charge is 2.17. The standard InChI is InChI=1S/C17H35N3O/c1-14(2)13-19-17(21)15(3)18-11-8-12-20(4)16-9-6-5-7-10-16/h14-16,18H,5-13H2,1-4H3,(H,19,21). The van der Waals surface area contributed by atoms with E-state index in [1.807, 2.05) is 6.92 Å². The Labute approximate surface area is 131 Å². The summed E-state index contributed by atoms with van der Waals surface area (Å²) in [7, 11) is 2.24. The van der Waals surface area contributed by atoms with Crippen molar-refractivity contribution in [2.75, 3.05) is 26.7 Å². The maximum absolute atomic E-state index is 11.8. The fourth-order valence-electron chi connectivity index (χ4n) is 2.90. The first kappa shape index (κ1) is 18.4. The third-order valence-electron chi connectivity index (χ3n) is 4.41. The molecule has 0 bridgehead atoms. The van der Waals surface area contributed by atoms with Crippen LogP contribution in [0.4, 0.5) is 0 Å². The molecule has 21 heavy (non-hydrogen) atoms. The van der Waals surface area contributed by atoms with Crippen LogP contribution in [-0.2, 0) is 4.79 Å². The van der Waals surface area contributed by atoms with Crippen molar-refractivity contribution < 1.29 is 4.79 Å². The summed E-state index contributed by atoms with van der Waals surface area (Å²) >= 11 is 0. The Morgan fingerprint density at radius 1 is 1.19 bits per heavy atom. The molecule has 0 aromatic carbocycles. The quantitative estimate of drug-likeness (QED) is 0.642. The molecule has 1 rings (SSSR count). The van der Waals surface area contributed by atoms with Crippen molar-refractivity contribution in [3.05, 3.63) is 0 Å². The van der Waals surface area contributed by atoms with Gasteiger partial charge in [0.1, 0.15) is 0 Å². The van der Waals surface area contributed by atoms with Gasteiger partial charge in [-0.2, -0.15) is 0 Å². The first-order valence-electron chi connectivity index (χ1n) is 8.72. The van der Waals surface area contributed by atoms with E-state index in [9.17, 15) is 4.79 Å². The highest BCUT2D eigenvalue weighted by Crippen LogP contribution is 2.21. The van der Waals surface area contributed by atoms with Gasteiger partial charge >= 0.3 is 0 Å². The number of hydrogen-bond donors (Lipinski definition) is 2. The monoisotopic (exact) mass is 297 g/mol. The third kappa shape index (κ3) is 7.82. The van der Waals surface area contributed by atoms with E-state index in [0.29, 0.717) is 5.92 Å². The topological polar surface area (TPSA) is 44.4 Å². The van der Waals surface area contributed by atoms with Gasteiger partial charge in [-0.05, 0) is 52.2 Å². The average Bonchev–Trinajstić information content (AvgIpc) is 2.49. The molecule has 1 saturated carbocycles. The summed E-state index contributed by atoms with van der Waals surface area (Å²) in [5, 5.41) is 6.30. The Morgan fingerprint density at radius 2 is 1.86 bits per heavy atom. The summed E-state index contributed by atoms with van der Waals surface area (Å²) in [4.78, 5) is 14.3. The molecule has 0 aliphatic heterocycles. The van der Waals surface area contributed by atoms with Crippen LogP contribution >= 0.6 is 0 Å². The van der Waals surface area contributed by atoms with Crippen molar-refractivity contribution >= 4 is 5.91 Å². The van der Waals surface area contributed by atoms with Crippen LogP contribution in [0.25, 0.3) is 0 Å². The Bertz CT molecular complexity index is 288. The molecule has 0 radical (unpaired) electrons. The number of nitrogens with one attached hydrogen (secondary N) is 2. The highest BCUT2D eigenvalue weighted by atomic mass is 16.2. The molecule has 0 spiro atoms. The lowest BCUT2D eigenvalue weighted by atomic mass is 9.94. The summed E-state index contributed by atoms with van der Waals surface area (Å²) < 4.78 is 0. The van der Waals surface area contributed by atoms with Gasteiger partial charge in [0, 0.05) is 12.6 Å². The number of nitrogens with zero attached hydrogens (tertiary/aromatic N) is 1. The molecule has 1 fully saturated rings. The molecule has 4 nitrogen and oxygen atoms in total. The molecule has 1 amide bonds. The van der Waals surface area contributed by atoms with Gasteiger partial charge in [-0.15, -0.1) is 0 Å². The van der Waals surface area contributed by atoms with Crippen LogP contribution < -0.4 is 10.6 Å². The van der Waals surface area contributed by atoms with E-state index in [1.165, 1.54) is 32.1 Å². The minimum atomic E-state index is -0.0938. The second-order valence-electron chi connectivity index (χ2n) is 6.94. The zero-order chi connectivity index (χ0) is 15.7. The van der Waals surface area contributed by atoms with Crippen LogP contribution in [0.15, 0.2) is 0 Å². The van der Waals surface area contributed by atoms with Gasteiger partial charge in [0.2, 0.25) is 5.91 Å². The molecular formula is C17H35N3O. The molecule has 1 aliphatic rings. The van der Waals surface area contributed by atoms with Gasteiger partial charge in [-0.3, -0.25) is 4.79 Å². The van der Waals surface area contributed by atoms with Crippen molar-refractivity contribution in [3.63, 3.8) is 0 Å². The van der Waals surface area contributed by atoms with E-state index >= 15 is 0 Å². The number of carbonyl (C=O) groups is 1. The lowest BCUT2D eigenvalue weighted by molar-refractivity contribution is -0.122. The Balaban J connectivity index is 2.08. The first-order chi connectivity index (χ1) is 10.0. The highest BCUT2D eigenvalue weighted by molar-refractivity contribution is 5.81. The van der Waals surface area contributed by atoms with Crippen molar-refractivity contribution in [1.29, 1.82) is 0 Å². The lowest BCUT2D eigenvalue weighted by Crippen LogP contribution is -2.44. The van der Waals surface area contributed by atoms with E-state index in [4.69, 9.17) is 0 Å². The molecule has 2 N–H and O–H groups in total. The van der Waals surface area contributed by atoms with Crippen LogP contribution in [0.3, 0.4) is 0 Å². The summed E-state index contributed by atoms with van der Waals surface area (Å²) in [6.07, 6.45) is 8.01. The van der Waals surface area contributed by atoms with Crippen LogP contribution in [0.5, 0.6) is 0 Å². The molecular weight excluding hydrogens is 262 g/mol. The predicted octanol–water partition coefficient (Wildman–Crippen LogP) is 2.39. The molecule has 0 saturated heterocycles. The maximum atomic E-state index is 11.8. The Kier molecular flexibility index (Phi) is 8.93. The molecule has 0 aromatic rings. The Hall–Kier alpha value is -0.610. The zero-order valence-electron chi connectivity index (χ0n) is 14.5. The molecule has 1 unspecified atom stereocenters. The van der Waals surface area contributed by atoms with Crippen molar-refractivity contribution in [2.45, 2.75) is 71.4 Å². The van der Waals surface area contributed by atoms with E-state index in [1.54, 1.807) is 0 Å². The fraction of sp³-hybridized carbons (Fsp3) is 0.941. The van der Waals surface area contributed by atoms with Crippen molar-refractivity contribution in [2.24, 2.45) is 5.92 Å². The lowest BCUT2D eigenvalue weighted by Gasteiger charge is -2.31. The number of rotatable bonds is 9. The van der Waals surface area contributed by atoms with Crippen LogP contribution in [0.1, 0.15) is 59.3 Å². The molecule has 1 aliphatic carbocycles. The summed E-state index contributed by atoms with van der Waals surface area (Å²) in [6.45, 7) is 8.96. The molecule has 4 heteroatoms. The van der Waals surface area contributed by atoms with E-state index in [2.05, 4.69) is 36.4 Å². The van der Waals surface area contributed by atoms with Gasteiger partial charge in [-0.25, -0.2) is 0 Å². The number of amides is 1. The smallest absolute Gasteiger partial charge is 0.236 e. The number of carbonyl (C=O) groups excluding carboxylic acids is 1. The van der Waals surface area contributed by atoms with E-state index in [0.717, 1.165) is 32.1 Å². The average molecular weight is 297 g/mol. The van der Waals surface area contributed by atoms with Gasteiger partial charge < -0.3 is 15.5 Å². The predicted molar refractivity (Wildman–Crippen MR) is 89.4 cm³/mol. The Morgan fingerprint density at radius 3 is 2.48 bits per heavy atom. The van der Waals surface area contributed by atoms with Gasteiger partial charge in [-0.1, -0.05) is 33.1 Å². The minimum absolute atomic E-state index is 0.0938.